The third kappa shape index (κ3) is 3.39. The Morgan fingerprint density at radius 2 is 0.780 bits per heavy atom. The van der Waals surface area contributed by atoms with Gasteiger partial charge in [-0.15, -0.1) is 0 Å². The van der Waals surface area contributed by atoms with E-state index >= 15 is 0 Å². The molecule has 0 radical (unpaired) electrons. The molecule has 0 amide bonds. The fourth-order valence-electron chi connectivity index (χ4n) is 5.62. The monoisotopic (exact) mass is 710 g/mol. The topological polar surface area (TPSA) is 109 Å². The van der Waals surface area contributed by atoms with Gasteiger partial charge in [0.2, 0.25) is 0 Å². The van der Waals surface area contributed by atoms with Gasteiger partial charge in [0.15, 0.2) is 0 Å². The molecule has 4 aromatic carbocycles. The SMILES string of the molecule is [Au][c]1cccc2c3nc4nc(nc5[nH]c(nc6nc(nc([nH]3)c12)-c1ccccc1-6)c1ccccc51)-c1ccccc1-4. The summed E-state index contributed by atoms with van der Waals surface area (Å²) in [6, 6.07) is 30.3. The number of fused-ring (bicyclic) bond motifs is 20. The maximum absolute atomic E-state index is 5.07. The zero-order valence-corrected chi connectivity index (χ0v) is 23.3. The third-order valence-electron chi connectivity index (χ3n) is 7.50. The average molecular weight is 711 g/mol. The molecule has 2 aliphatic rings. The zero-order valence-electron chi connectivity index (χ0n) is 21.1. The molecule has 2 N–H and O–H groups in total. The van der Waals surface area contributed by atoms with Gasteiger partial charge in [0.25, 0.3) is 0 Å². The van der Waals surface area contributed by atoms with E-state index in [1.54, 1.807) is 0 Å². The molecule has 0 fully saturated rings. The van der Waals surface area contributed by atoms with Crippen molar-refractivity contribution in [3.05, 3.63) is 91.0 Å². The molecule has 0 saturated heterocycles. The van der Waals surface area contributed by atoms with E-state index in [0.29, 0.717) is 45.9 Å². The van der Waals surface area contributed by atoms with Crippen LogP contribution in [0, 0.1) is 0 Å². The number of benzene rings is 4. The summed E-state index contributed by atoms with van der Waals surface area (Å²) in [5.41, 5.74) is 6.44. The first-order chi connectivity index (χ1) is 20.2. The summed E-state index contributed by atoms with van der Waals surface area (Å²) in [5, 5.41) is 3.84. The van der Waals surface area contributed by atoms with Crippen LogP contribution in [0.25, 0.3) is 89.7 Å². The number of aromatic nitrogens is 8. The zero-order chi connectivity index (χ0) is 27.1. The van der Waals surface area contributed by atoms with Gasteiger partial charge in [-0.05, 0) is 0 Å². The van der Waals surface area contributed by atoms with E-state index in [1.807, 2.05) is 78.9 Å². The van der Waals surface area contributed by atoms with Gasteiger partial charge in [0.05, 0.1) is 0 Å². The number of nitrogens with zero attached hydrogens (tertiary/aromatic N) is 6. The summed E-state index contributed by atoms with van der Waals surface area (Å²) < 4.78 is 1.04. The van der Waals surface area contributed by atoms with Crippen LogP contribution in [0.5, 0.6) is 0 Å². The van der Waals surface area contributed by atoms with Crippen molar-refractivity contribution in [2.75, 3.05) is 0 Å². The van der Waals surface area contributed by atoms with E-state index < -0.39 is 0 Å². The quantitative estimate of drug-likeness (QED) is 0.186. The van der Waals surface area contributed by atoms with Crippen molar-refractivity contribution < 1.29 is 21.1 Å². The van der Waals surface area contributed by atoms with E-state index in [-0.39, 0.29) is 0 Å². The Kier molecular flexibility index (Phi) is 4.71. The van der Waals surface area contributed by atoms with E-state index in [1.165, 1.54) is 0 Å². The van der Waals surface area contributed by atoms with Crippen LogP contribution >= 0.6 is 0 Å². The average Bonchev–Trinajstić information content (AvgIpc) is 3.73. The normalized spacial score (nSPS) is 12.0. The van der Waals surface area contributed by atoms with Gasteiger partial charge in [-0.25, -0.2) is 0 Å². The second-order valence-electron chi connectivity index (χ2n) is 9.87. The summed E-state index contributed by atoms with van der Waals surface area (Å²) in [5.74, 6) is 2.38. The van der Waals surface area contributed by atoms with Crippen molar-refractivity contribution in [2.45, 2.75) is 0 Å². The van der Waals surface area contributed by atoms with Gasteiger partial charge < -0.3 is 0 Å². The first-order valence-electron chi connectivity index (χ1n) is 13.1. The van der Waals surface area contributed by atoms with Crippen molar-refractivity contribution in [1.29, 1.82) is 0 Å². The second kappa shape index (κ2) is 8.49. The van der Waals surface area contributed by atoms with Crippen LogP contribution in [0.2, 0.25) is 0 Å². The van der Waals surface area contributed by atoms with Crippen LogP contribution in [0.1, 0.15) is 0 Å². The molecule has 8 bridgehead atoms. The standard InChI is InChI=1S/C32H17N8.Au/c1-2-10-18-17(9-1)25-33-26(18)38-28-21-13-5-6-14-22(21)30(35-28)40-32-24-16-8-7-15-23(24)31(36-32)39-29-20-12-4-3-11-19(20)27(34-29)37-25;/h1-15H,(H2,33,34,35,36,37,38,39,40);. The molecule has 0 aliphatic carbocycles. The molecule has 3 aromatic heterocycles. The molecule has 5 heterocycles. The first-order valence-corrected chi connectivity index (χ1v) is 14.1. The molecule has 9 heteroatoms. The molecule has 9 rings (SSSR count). The van der Waals surface area contributed by atoms with Crippen LogP contribution < -0.4 is 3.78 Å². The van der Waals surface area contributed by atoms with Crippen LogP contribution in [0.4, 0.5) is 0 Å². The molecule has 0 spiro atoms. The van der Waals surface area contributed by atoms with Crippen molar-refractivity contribution >= 4 is 47.9 Å². The number of hydrogen-bond donors (Lipinski definition) is 2. The molecule has 0 unspecified atom stereocenters. The van der Waals surface area contributed by atoms with Gasteiger partial charge in [-0.1, -0.05) is 6.07 Å². The Morgan fingerprint density at radius 1 is 0.390 bits per heavy atom. The molecular weight excluding hydrogens is 693 g/mol. The third-order valence-corrected chi connectivity index (χ3v) is 8.40. The number of aromatic amines is 2. The van der Waals surface area contributed by atoms with Crippen LogP contribution in [-0.2, 0) is 21.1 Å². The summed E-state index contributed by atoms with van der Waals surface area (Å²) in [6.45, 7) is 0. The van der Waals surface area contributed by atoms with Crippen molar-refractivity contribution in [3.63, 3.8) is 0 Å². The predicted octanol–water partition coefficient (Wildman–Crippen LogP) is 6.04. The molecule has 8 nitrogen and oxygen atoms in total. The van der Waals surface area contributed by atoms with Crippen molar-refractivity contribution in [2.24, 2.45) is 0 Å². The Morgan fingerprint density at radius 3 is 1.29 bits per heavy atom. The molecule has 0 atom stereocenters. The summed E-state index contributed by atoms with van der Waals surface area (Å²) in [4.78, 5) is 37.0. The van der Waals surface area contributed by atoms with Gasteiger partial charge >= 0.3 is 239 Å². The number of nitrogens with one attached hydrogen (secondary N) is 2. The minimum absolute atomic E-state index is 0.595. The Hall–Kier alpha value is -5.02. The molecular formula is C32H17AuN8. The van der Waals surface area contributed by atoms with E-state index in [0.717, 1.165) is 47.6 Å². The van der Waals surface area contributed by atoms with E-state index in [9.17, 15) is 0 Å². The van der Waals surface area contributed by atoms with Gasteiger partial charge in [-0.2, -0.15) is 0 Å². The van der Waals surface area contributed by atoms with Crippen LogP contribution in [-0.4, -0.2) is 39.9 Å². The number of hydrogen-bond acceptors (Lipinski definition) is 6. The molecule has 7 aromatic rings. The molecule has 0 saturated carbocycles. The Balaban J connectivity index is 1.52. The van der Waals surface area contributed by atoms with E-state index in [2.05, 4.69) is 43.2 Å². The molecule has 41 heavy (non-hydrogen) atoms. The molecule has 196 valence electrons. The second-order valence-corrected chi connectivity index (χ2v) is 11.0. The number of rotatable bonds is 0. The van der Waals surface area contributed by atoms with Crippen molar-refractivity contribution in [3.8, 4) is 45.6 Å². The minimum atomic E-state index is 0.595. The van der Waals surface area contributed by atoms with Gasteiger partial charge in [0.1, 0.15) is 0 Å². The fraction of sp³-hybridized carbons (Fsp3) is 0. The molecule has 2 aliphatic heterocycles. The maximum atomic E-state index is 5.07. The van der Waals surface area contributed by atoms with Crippen LogP contribution in [0.15, 0.2) is 91.0 Å². The van der Waals surface area contributed by atoms with Crippen LogP contribution in [0.3, 0.4) is 0 Å². The summed E-state index contributed by atoms with van der Waals surface area (Å²) in [6.07, 6.45) is 0. The van der Waals surface area contributed by atoms with Gasteiger partial charge in [-0.3, -0.25) is 0 Å². The summed E-state index contributed by atoms with van der Waals surface area (Å²) in [7, 11) is 0. The summed E-state index contributed by atoms with van der Waals surface area (Å²) >= 11 is 2.57. The van der Waals surface area contributed by atoms with E-state index in [4.69, 9.17) is 29.9 Å². The number of H-pyrrole nitrogens is 2. The Bertz CT molecular complexity index is 2400. The predicted molar refractivity (Wildman–Crippen MR) is 156 cm³/mol. The fourth-order valence-corrected chi connectivity index (χ4v) is 6.38. The Labute approximate surface area is 244 Å². The van der Waals surface area contributed by atoms with Gasteiger partial charge in [0, 0.05) is 0 Å². The van der Waals surface area contributed by atoms with Crippen molar-refractivity contribution in [1.82, 2.24) is 39.9 Å². The first kappa shape index (κ1) is 22.8.